The topological polar surface area (TPSA) is 77.3 Å². The number of alkyl halides is 2. The molecular weight excluding hydrogens is 426 g/mol. The van der Waals surface area contributed by atoms with Crippen molar-refractivity contribution < 1.29 is 18.3 Å². The van der Waals surface area contributed by atoms with Crippen molar-refractivity contribution in [2.45, 2.75) is 25.3 Å². The van der Waals surface area contributed by atoms with Crippen LogP contribution in [0.15, 0.2) is 36.9 Å². The number of nitrogens with one attached hydrogen (secondary N) is 1. The van der Waals surface area contributed by atoms with Gasteiger partial charge in [-0.3, -0.25) is 0 Å². The van der Waals surface area contributed by atoms with E-state index < -0.39 is 5.92 Å². The number of fused-ring (bicyclic) bond motifs is 3. The summed E-state index contributed by atoms with van der Waals surface area (Å²) in [5, 5.41) is 3.12. The number of hydrogen-bond acceptors (Lipinski definition) is 7. The molecule has 0 aliphatic carbocycles. The molecule has 0 radical (unpaired) electrons. The van der Waals surface area contributed by atoms with Crippen molar-refractivity contribution in [3.05, 3.63) is 42.6 Å². The number of hydrogen-bond donors (Lipinski definition) is 1. The fourth-order valence-corrected chi connectivity index (χ4v) is 3.86. The SMILES string of the molecule is COc1cc(Nc2ncc3c(n2)N2CC(F)(F)C[C@H]2CO3)ccc1-n1cnc(C)c1.S. The van der Waals surface area contributed by atoms with E-state index in [0.29, 0.717) is 29.0 Å². The number of rotatable bonds is 4. The highest BCUT2D eigenvalue weighted by atomic mass is 32.1. The van der Waals surface area contributed by atoms with Crippen molar-refractivity contribution in [1.82, 2.24) is 19.5 Å². The van der Waals surface area contributed by atoms with Gasteiger partial charge in [-0.15, -0.1) is 0 Å². The third-order valence-electron chi connectivity index (χ3n) is 5.24. The second kappa shape index (κ2) is 7.88. The second-order valence-electron chi connectivity index (χ2n) is 7.47. The van der Waals surface area contributed by atoms with Crippen LogP contribution in [0.3, 0.4) is 0 Å². The Kier molecular flexibility index (Phi) is 5.38. The summed E-state index contributed by atoms with van der Waals surface area (Å²) in [5.74, 6) is -1.01. The summed E-state index contributed by atoms with van der Waals surface area (Å²) in [5.41, 5.74) is 2.44. The molecule has 8 nitrogen and oxygen atoms in total. The van der Waals surface area contributed by atoms with Gasteiger partial charge in [0.05, 0.1) is 43.6 Å². The van der Waals surface area contributed by atoms with Gasteiger partial charge in [-0.1, -0.05) is 0 Å². The average Bonchev–Trinajstić information content (AvgIpc) is 3.29. The molecule has 1 saturated heterocycles. The molecule has 1 N–H and O–H groups in total. The molecule has 0 unspecified atom stereocenters. The smallest absolute Gasteiger partial charge is 0.267 e. The molecular formula is C20H22F2N6O2S. The molecule has 0 spiro atoms. The van der Waals surface area contributed by atoms with Crippen LogP contribution in [0.25, 0.3) is 5.69 Å². The minimum absolute atomic E-state index is 0. The maximum Gasteiger partial charge on any atom is 0.267 e. The first-order valence-corrected chi connectivity index (χ1v) is 9.52. The molecule has 2 aliphatic heterocycles. The third-order valence-corrected chi connectivity index (χ3v) is 5.24. The molecule has 5 rings (SSSR count). The minimum atomic E-state index is -2.75. The Balaban J connectivity index is 0.00000231. The van der Waals surface area contributed by atoms with E-state index in [-0.39, 0.29) is 39.1 Å². The maximum absolute atomic E-state index is 13.9. The lowest BCUT2D eigenvalue weighted by Crippen LogP contribution is -2.39. The Morgan fingerprint density at radius 1 is 1.29 bits per heavy atom. The number of anilines is 3. The Morgan fingerprint density at radius 2 is 2.13 bits per heavy atom. The number of benzene rings is 1. The first-order valence-electron chi connectivity index (χ1n) is 9.52. The van der Waals surface area contributed by atoms with E-state index in [9.17, 15) is 8.78 Å². The van der Waals surface area contributed by atoms with Crippen LogP contribution in [0, 0.1) is 6.92 Å². The van der Waals surface area contributed by atoms with Crippen molar-refractivity contribution in [3.8, 4) is 17.2 Å². The molecule has 0 amide bonds. The number of aryl methyl sites for hydroxylation is 1. The number of imidazole rings is 1. The van der Waals surface area contributed by atoms with Crippen LogP contribution >= 0.6 is 13.5 Å². The van der Waals surface area contributed by atoms with Gasteiger partial charge in [0.1, 0.15) is 12.4 Å². The third kappa shape index (κ3) is 3.97. The zero-order valence-corrected chi connectivity index (χ0v) is 18.0. The zero-order chi connectivity index (χ0) is 20.9. The van der Waals surface area contributed by atoms with E-state index in [1.807, 2.05) is 35.9 Å². The lowest BCUT2D eigenvalue weighted by atomic mass is 10.2. The van der Waals surface area contributed by atoms with Crippen molar-refractivity contribution >= 4 is 30.9 Å². The Morgan fingerprint density at radius 3 is 2.87 bits per heavy atom. The monoisotopic (exact) mass is 448 g/mol. The van der Waals surface area contributed by atoms with E-state index in [1.54, 1.807) is 18.3 Å². The molecule has 11 heteroatoms. The van der Waals surface area contributed by atoms with Crippen LogP contribution in [-0.2, 0) is 0 Å². The highest BCUT2D eigenvalue weighted by Gasteiger charge is 2.48. The highest BCUT2D eigenvalue weighted by Crippen LogP contribution is 2.42. The van der Waals surface area contributed by atoms with Crippen LogP contribution in [-0.4, -0.2) is 51.7 Å². The number of halogens is 2. The number of ether oxygens (including phenoxy) is 2. The predicted molar refractivity (Wildman–Crippen MR) is 117 cm³/mol. The molecule has 4 heterocycles. The summed E-state index contributed by atoms with van der Waals surface area (Å²) < 4.78 is 40.7. The average molecular weight is 448 g/mol. The molecule has 1 aromatic carbocycles. The molecule has 3 aromatic rings. The number of aromatic nitrogens is 4. The molecule has 2 aliphatic rings. The standard InChI is InChI=1S/C20H20F2N6O2.H2S/c1-12-8-27(11-24-12)15-4-3-13(5-16(15)29-2)25-19-23-7-17-18(26-19)28-10-20(21,22)6-14(28)9-30-17;/h3-5,7-8,11,14H,6,9-10H2,1-2H3,(H,23,25,26);1H2/t14-;/m0./s1. The van der Waals surface area contributed by atoms with Crippen LogP contribution in [0.5, 0.6) is 11.5 Å². The normalized spacial score (nSPS) is 18.5. The van der Waals surface area contributed by atoms with Gasteiger partial charge in [-0.25, -0.2) is 18.7 Å². The number of nitrogens with zero attached hydrogens (tertiary/aromatic N) is 5. The van der Waals surface area contributed by atoms with E-state index in [0.717, 1.165) is 11.4 Å². The maximum atomic E-state index is 13.9. The Hall–Kier alpha value is -3.08. The van der Waals surface area contributed by atoms with Gasteiger partial charge in [-0.05, 0) is 19.1 Å². The number of methoxy groups -OCH3 is 1. The lowest BCUT2D eigenvalue weighted by Gasteiger charge is -2.31. The summed E-state index contributed by atoms with van der Waals surface area (Å²) >= 11 is 0. The molecule has 1 atom stereocenters. The van der Waals surface area contributed by atoms with E-state index >= 15 is 0 Å². The van der Waals surface area contributed by atoms with Crippen molar-refractivity contribution in [3.63, 3.8) is 0 Å². The van der Waals surface area contributed by atoms with Crippen LogP contribution in [0.4, 0.5) is 26.2 Å². The highest BCUT2D eigenvalue weighted by molar-refractivity contribution is 7.59. The van der Waals surface area contributed by atoms with Gasteiger partial charge in [0.2, 0.25) is 5.95 Å². The van der Waals surface area contributed by atoms with E-state index in [2.05, 4.69) is 20.3 Å². The lowest BCUT2D eigenvalue weighted by molar-refractivity contribution is 0.0211. The van der Waals surface area contributed by atoms with Gasteiger partial charge in [0, 0.05) is 24.4 Å². The minimum Gasteiger partial charge on any atom is -0.494 e. The van der Waals surface area contributed by atoms with Gasteiger partial charge < -0.3 is 24.3 Å². The summed E-state index contributed by atoms with van der Waals surface area (Å²) in [6.07, 6.45) is 4.90. The van der Waals surface area contributed by atoms with Crippen LogP contribution < -0.4 is 19.7 Å². The van der Waals surface area contributed by atoms with Crippen molar-refractivity contribution in [1.29, 1.82) is 0 Å². The van der Waals surface area contributed by atoms with Gasteiger partial charge in [0.25, 0.3) is 5.92 Å². The molecule has 0 saturated carbocycles. The fraction of sp³-hybridized carbons (Fsp3) is 0.350. The first kappa shape index (κ1) is 21.2. The summed E-state index contributed by atoms with van der Waals surface area (Å²) in [4.78, 5) is 14.6. The summed E-state index contributed by atoms with van der Waals surface area (Å²) in [6, 6.07) is 5.19. The predicted octanol–water partition coefficient (Wildman–Crippen LogP) is 3.44. The zero-order valence-electron chi connectivity index (χ0n) is 17.0. The Labute approximate surface area is 184 Å². The van der Waals surface area contributed by atoms with Crippen molar-refractivity contribution in [2.24, 2.45) is 0 Å². The molecule has 0 bridgehead atoms. The van der Waals surface area contributed by atoms with Gasteiger partial charge >= 0.3 is 0 Å². The summed E-state index contributed by atoms with van der Waals surface area (Å²) in [7, 11) is 1.59. The molecule has 2 aromatic heterocycles. The van der Waals surface area contributed by atoms with Crippen LogP contribution in [0.1, 0.15) is 12.1 Å². The molecule has 1 fully saturated rings. The van der Waals surface area contributed by atoms with Crippen LogP contribution in [0.2, 0.25) is 0 Å². The first-order chi connectivity index (χ1) is 14.4. The van der Waals surface area contributed by atoms with E-state index in [1.165, 1.54) is 6.20 Å². The fourth-order valence-electron chi connectivity index (χ4n) is 3.86. The quantitative estimate of drug-likeness (QED) is 0.655. The molecule has 164 valence electrons. The summed E-state index contributed by atoms with van der Waals surface area (Å²) in [6.45, 7) is 1.76. The van der Waals surface area contributed by atoms with Gasteiger partial charge in [0.15, 0.2) is 11.6 Å². The molecule has 31 heavy (non-hydrogen) atoms. The largest absolute Gasteiger partial charge is 0.494 e. The Bertz CT molecular complexity index is 1110. The second-order valence-corrected chi connectivity index (χ2v) is 7.47. The van der Waals surface area contributed by atoms with Crippen molar-refractivity contribution in [2.75, 3.05) is 30.5 Å². The van der Waals surface area contributed by atoms with Gasteiger partial charge in [-0.2, -0.15) is 18.5 Å². The van der Waals surface area contributed by atoms with E-state index in [4.69, 9.17) is 9.47 Å².